The highest BCUT2D eigenvalue weighted by atomic mass is 32.2. The summed E-state index contributed by atoms with van der Waals surface area (Å²) in [7, 11) is 0. The largest absolute Gasteiger partial charge is 0.493 e. The van der Waals surface area contributed by atoms with E-state index in [4.69, 9.17) is 14.3 Å². The van der Waals surface area contributed by atoms with Gasteiger partial charge in [0.05, 0.1) is 19.3 Å². The van der Waals surface area contributed by atoms with E-state index in [1.165, 1.54) is 0 Å². The predicted molar refractivity (Wildman–Crippen MR) is 77.4 cm³/mol. The number of thioether (sulfide) groups is 1. The first kappa shape index (κ1) is 14.5. The number of benzene rings is 1. The van der Waals surface area contributed by atoms with Crippen LogP contribution < -0.4 is 4.74 Å². The summed E-state index contributed by atoms with van der Waals surface area (Å²) in [6.45, 7) is 2.53. The number of carbonyl (C=O) groups is 1. The molecule has 20 heavy (non-hydrogen) atoms. The van der Waals surface area contributed by atoms with Crippen LogP contribution in [0.1, 0.15) is 11.3 Å². The molecule has 0 radical (unpaired) electrons. The molecule has 5 heteroatoms. The van der Waals surface area contributed by atoms with Gasteiger partial charge in [-0.1, -0.05) is 12.1 Å². The molecule has 106 valence electrons. The molecule has 0 amide bonds. The smallest absolute Gasteiger partial charge is 0.307 e. The maximum atomic E-state index is 10.6. The van der Waals surface area contributed by atoms with Gasteiger partial charge >= 0.3 is 5.97 Å². The molecule has 0 atom stereocenters. The molecule has 4 nitrogen and oxygen atoms in total. The average Bonchev–Trinajstić information content (AvgIpc) is 2.82. The lowest BCUT2D eigenvalue weighted by molar-refractivity contribution is -0.136. The van der Waals surface area contributed by atoms with Gasteiger partial charge in [-0.2, -0.15) is 0 Å². The molecule has 0 aliphatic carbocycles. The number of carboxylic acids is 1. The zero-order valence-corrected chi connectivity index (χ0v) is 12.0. The monoisotopic (exact) mass is 292 g/mol. The number of hydrogen-bond acceptors (Lipinski definition) is 4. The molecule has 0 fully saturated rings. The summed E-state index contributed by atoms with van der Waals surface area (Å²) < 4.78 is 10.8. The van der Waals surface area contributed by atoms with E-state index in [9.17, 15) is 4.79 Å². The molecule has 1 N–H and O–H groups in total. The minimum Gasteiger partial charge on any atom is -0.493 e. The fraction of sp³-hybridized carbons (Fsp3) is 0.267. The zero-order valence-electron chi connectivity index (χ0n) is 11.2. The van der Waals surface area contributed by atoms with Gasteiger partial charge in [0.2, 0.25) is 0 Å². The van der Waals surface area contributed by atoms with Crippen molar-refractivity contribution < 1.29 is 19.1 Å². The van der Waals surface area contributed by atoms with Gasteiger partial charge in [0.25, 0.3) is 0 Å². The molecule has 0 unspecified atom stereocenters. The van der Waals surface area contributed by atoms with Gasteiger partial charge in [-0.05, 0) is 30.7 Å². The van der Waals surface area contributed by atoms with Crippen LogP contribution in [0.4, 0.5) is 0 Å². The Labute approximate surface area is 121 Å². The highest BCUT2D eigenvalue weighted by Gasteiger charge is 2.03. The lowest BCUT2D eigenvalue weighted by atomic mass is 10.1. The highest BCUT2D eigenvalue weighted by Crippen LogP contribution is 2.23. The number of ether oxygens (including phenoxy) is 1. The minimum absolute atomic E-state index is 0.0376. The Bertz CT molecular complexity index is 560. The summed E-state index contributed by atoms with van der Waals surface area (Å²) in [4.78, 5) is 11.7. The van der Waals surface area contributed by atoms with Crippen molar-refractivity contribution in [2.45, 2.75) is 18.2 Å². The Kier molecular flexibility index (Phi) is 5.12. The van der Waals surface area contributed by atoms with Crippen LogP contribution in [0.5, 0.6) is 5.75 Å². The number of aryl methyl sites for hydroxylation is 1. The van der Waals surface area contributed by atoms with Gasteiger partial charge in [0.15, 0.2) is 0 Å². The molecule has 2 rings (SSSR count). The first-order valence-electron chi connectivity index (χ1n) is 6.25. The maximum Gasteiger partial charge on any atom is 0.307 e. The first-order chi connectivity index (χ1) is 9.65. The molecule has 1 aromatic heterocycles. The molecule has 1 heterocycles. The molecular weight excluding hydrogens is 276 g/mol. The topological polar surface area (TPSA) is 59.7 Å². The highest BCUT2D eigenvalue weighted by molar-refractivity contribution is 7.99. The van der Waals surface area contributed by atoms with Gasteiger partial charge in [-0.15, -0.1) is 11.8 Å². The zero-order chi connectivity index (χ0) is 14.4. The molecule has 0 saturated heterocycles. The third kappa shape index (κ3) is 4.35. The first-order valence-corrected chi connectivity index (χ1v) is 7.24. The quantitative estimate of drug-likeness (QED) is 0.626. The van der Waals surface area contributed by atoms with Crippen molar-refractivity contribution in [3.8, 4) is 5.75 Å². The van der Waals surface area contributed by atoms with Crippen molar-refractivity contribution in [1.29, 1.82) is 0 Å². The average molecular weight is 292 g/mol. The Morgan fingerprint density at radius 2 is 2.05 bits per heavy atom. The van der Waals surface area contributed by atoms with E-state index < -0.39 is 5.97 Å². The second kappa shape index (κ2) is 7.05. The van der Waals surface area contributed by atoms with E-state index in [1.54, 1.807) is 42.3 Å². The van der Waals surface area contributed by atoms with E-state index in [0.29, 0.717) is 6.61 Å². The number of hydrogen-bond donors (Lipinski definition) is 1. The second-order valence-corrected chi connectivity index (χ2v) is 5.39. The molecule has 0 bridgehead atoms. The van der Waals surface area contributed by atoms with Gasteiger partial charge in [0, 0.05) is 10.6 Å². The van der Waals surface area contributed by atoms with Gasteiger partial charge in [-0.25, -0.2) is 0 Å². The normalized spacial score (nSPS) is 10.4. The van der Waals surface area contributed by atoms with E-state index in [-0.39, 0.29) is 6.42 Å². The van der Waals surface area contributed by atoms with Crippen LogP contribution in [0.3, 0.4) is 0 Å². The fourth-order valence-corrected chi connectivity index (χ4v) is 2.50. The molecule has 1 aromatic carbocycles. The number of carboxylic acid groups (broad SMARTS) is 1. The summed E-state index contributed by atoms with van der Waals surface area (Å²) in [5.41, 5.74) is 0.772. The number of rotatable bonds is 7. The van der Waals surface area contributed by atoms with Crippen molar-refractivity contribution in [1.82, 2.24) is 0 Å². The van der Waals surface area contributed by atoms with E-state index in [0.717, 1.165) is 27.7 Å². The van der Waals surface area contributed by atoms with Crippen molar-refractivity contribution in [3.05, 3.63) is 47.9 Å². The van der Waals surface area contributed by atoms with Crippen molar-refractivity contribution in [2.75, 3.05) is 12.4 Å². The van der Waals surface area contributed by atoms with Crippen molar-refractivity contribution >= 4 is 17.7 Å². The van der Waals surface area contributed by atoms with Gasteiger partial charge in [0.1, 0.15) is 11.5 Å². The summed E-state index contributed by atoms with van der Waals surface area (Å²) in [5.74, 6) is 1.68. The van der Waals surface area contributed by atoms with Crippen LogP contribution in [0.2, 0.25) is 0 Å². The molecule has 0 aliphatic heterocycles. The maximum absolute atomic E-state index is 10.6. The Balaban J connectivity index is 1.74. The standard InChI is InChI=1S/C15H16O4S/c1-11-14(6-7-18-11)20-9-8-19-13-4-2-12(3-5-13)10-15(16)17/h2-7H,8-10H2,1H3,(H,16,17). The summed E-state index contributed by atoms with van der Waals surface area (Å²) in [5, 5.41) is 8.68. The summed E-state index contributed by atoms with van der Waals surface area (Å²) in [6, 6.07) is 9.09. The summed E-state index contributed by atoms with van der Waals surface area (Å²) >= 11 is 1.69. The molecule has 0 spiro atoms. The Morgan fingerprint density at radius 3 is 2.65 bits per heavy atom. The van der Waals surface area contributed by atoms with Gasteiger partial charge < -0.3 is 14.3 Å². The number of aliphatic carboxylic acids is 1. The van der Waals surface area contributed by atoms with Crippen LogP contribution in [0, 0.1) is 6.92 Å². The van der Waals surface area contributed by atoms with Crippen LogP contribution in [0.25, 0.3) is 0 Å². The lowest BCUT2D eigenvalue weighted by Crippen LogP contribution is -2.02. The second-order valence-electron chi connectivity index (χ2n) is 4.25. The third-order valence-electron chi connectivity index (χ3n) is 2.70. The Hall–Kier alpha value is -1.88. The van der Waals surface area contributed by atoms with Crippen LogP contribution in [-0.4, -0.2) is 23.4 Å². The summed E-state index contributed by atoms with van der Waals surface area (Å²) in [6.07, 6.45) is 1.72. The lowest BCUT2D eigenvalue weighted by Gasteiger charge is -2.06. The number of furan rings is 1. The van der Waals surface area contributed by atoms with Gasteiger partial charge in [-0.3, -0.25) is 4.79 Å². The molecule has 2 aromatic rings. The predicted octanol–water partition coefficient (Wildman–Crippen LogP) is 3.39. The molecule has 0 aliphatic rings. The van der Waals surface area contributed by atoms with E-state index in [1.807, 2.05) is 13.0 Å². The van der Waals surface area contributed by atoms with E-state index in [2.05, 4.69) is 0 Å². The van der Waals surface area contributed by atoms with Crippen molar-refractivity contribution in [3.63, 3.8) is 0 Å². The molecular formula is C15H16O4S. The molecule has 0 saturated carbocycles. The minimum atomic E-state index is -0.828. The van der Waals surface area contributed by atoms with Crippen LogP contribution >= 0.6 is 11.8 Å². The fourth-order valence-electron chi connectivity index (χ4n) is 1.71. The van der Waals surface area contributed by atoms with Crippen LogP contribution in [-0.2, 0) is 11.2 Å². The van der Waals surface area contributed by atoms with E-state index >= 15 is 0 Å². The SMILES string of the molecule is Cc1occc1SCCOc1ccc(CC(=O)O)cc1. The third-order valence-corrected chi connectivity index (χ3v) is 3.80. The van der Waals surface area contributed by atoms with Crippen LogP contribution in [0.15, 0.2) is 45.9 Å². The Morgan fingerprint density at radius 1 is 1.30 bits per heavy atom. The van der Waals surface area contributed by atoms with Crippen molar-refractivity contribution in [2.24, 2.45) is 0 Å².